The molecule has 0 unspecified atom stereocenters. The summed E-state index contributed by atoms with van der Waals surface area (Å²) in [6.45, 7) is 5.44. The first-order chi connectivity index (χ1) is 11.0. The molecule has 5 nitrogen and oxygen atoms in total. The molecule has 1 atom stereocenters. The molecule has 1 heterocycles. The molecule has 0 aromatic heterocycles. The van der Waals surface area contributed by atoms with Gasteiger partial charge >= 0.3 is 5.97 Å². The number of carbonyl (C=O) groups excluding carboxylic acids is 1. The van der Waals surface area contributed by atoms with Gasteiger partial charge in [0.15, 0.2) is 0 Å². The predicted molar refractivity (Wildman–Crippen MR) is 87.7 cm³/mol. The third-order valence-electron chi connectivity index (χ3n) is 4.11. The fraction of sp³-hybridized carbons (Fsp3) is 0.556. The highest BCUT2D eigenvalue weighted by molar-refractivity contribution is 5.96. The van der Waals surface area contributed by atoms with Crippen LogP contribution in [0.15, 0.2) is 24.3 Å². The van der Waals surface area contributed by atoms with Crippen LogP contribution in [0, 0.1) is 5.92 Å². The second-order valence-electron chi connectivity index (χ2n) is 6.40. The Labute approximate surface area is 137 Å². The van der Waals surface area contributed by atoms with E-state index < -0.39 is 12.0 Å². The van der Waals surface area contributed by atoms with E-state index in [0.717, 1.165) is 25.0 Å². The lowest BCUT2D eigenvalue weighted by Crippen LogP contribution is -2.47. The molecule has 2 rings (SSSR count). The van der Waals surface area contributed by atoms with Gasteiger partial charge in [-0.3, -0.25) is 4.79 Å². The van der Waals surface area contributed by atoms with Gasteiger partial charge in [0.25, 0.3) is 5.91 Å². The maximum atomic E-state index is 12.6. The number of carboxylic acids is 1. The van der Waals surface area contributed by atoms with Crippen LogP contribution < -0.4 is 4.74 Å². The van der Waals surface area contributed by atoms with E-state index in [-0.39, 0.29) is 5.91 Å². The lowest BCUT2D eigenvalue weighted by Gasteiger charge is -2.33. The van der Waals surface area contributed by atoms with Gasteiger partial charge in [0.1, 0.15) is 11.8 Å². The summed E-state index contributed by atoms with van der Waals surface area (Å²) in [5, 5.41) is 9.28. The maximum Gasteiger partial charge on any atom is 0.326 e. The number of hydrogen-bond donors (Lipinski definition) is 1. The number of ether oxygens (including phenoxy) is 1. The number of aliphatic carboxylic acids is 1. The Morgan fingerprint density at radius 1 is 1.26 bits per heavy atom. The van der Waals surface area contributed by atoms with Crippen LogP contribution >= 0.6 is 0 Å². The third-order valence-corrected chi connectivity index (χ3v) is 4.11. The first-order valence-electron chi connectivity index (χ1n) is 8.25. The fourth-order valence-electron chi connectivity index (χ4n) is 2.70. The molecule has 5 heteroatoms. The van der Waals surface area contributed by atoms with Crippen LogP contribution in [0.25, 0.3) is 0 Å². The van der Waals surface area contributed by atoms with Gasteiger partial charge in [-0.05, 0) is 55.9 Å². The first-order valence-corrected chi connectivity index (χ1v) is 8.25. The van der Waals surface area contributed by atoms with Crippen molar-refractivity contribution in [2.24, 2.45) is 5.92 Å². The molecule has 1 saturated heterocycles. The van der Waals surface area contributed by atoms with Crippen molar-refractivity contribution in [3.63, 3.8) is 0 Å². The first kappa shape index (κ1) is 17.3. The highest BCUT2D eigenvalue weighted by Crippen LogP contribution is 2.21. The van der Waals surface area contributed by atoms with Crippen molar-refractivity contribution in [2.75, 3.05) is 13.2 Å². The van der Waals surface area contributed by atoms with Crippen molar-refractivity contribution < 1.29 is 19.4 Å². The van der Waals surface area contributed by atoms with Crippen LogP contribution in [0.4, 0.5) is 0 Å². The number of amides is 1. The van der Waals surface area contributed by atoms with Crippen molar-refractivity contribution >= 4 is 11.9 Å². The van der Waals surface area contributed by atoms with Gasteiger partial charge in [0.05, 0.1) is 6.61 Å². The SMILES string of the molecule is CC(C)CCOc1ccc(C(=O)N2CCCC[C@@H]2C(=O)O)cc1. The zero-order chi connectivity index (χ0) is 16.8. The zero-order valence-corrected chi connectivity index (χ0v) is 13.8. The highest BCUT2D eigenvalue weighted by Gasteiger charge is 2.32. The van der Waals surface area contributed by atoms with Crippen molar-refractivity contribution in [2.45, 2.75) is 45.6 Å². The van der Waals surface area contributed by atoms with Gasteiger partial charge in [-0.25, -0.2) is 4.79 Å². The van der Waals surface area contributed by atoms with Crippen LogP contribution in [0.5, 0.6) is 5.75 Å². The molecule has 1 N–H and O–H groups in total. The van der Waals surface area contributed by atoms with Crippen LogP contribution in [0.1, 0.15) is 49.9 Å². The number of nitrogens with zero attached hydrogens (tertiary/aromatic N) is 1. The van der Waals surface area contributed by atoms with Crippen molar-refractivity contribution in [1.29, 1.82) is 0 Å². The molecule has 1 aromatic carbocycles. The number of rotatable bonds is 6. The summed E-state index contributed by atoms with van der Waals surface area (Å²) in [4.78, 5) is 25.3. The monoisotopic (exact) mass is 319 g/mol. The topological polar surface area (TPSA) is 66.8 Å². The Hall–Kier alpha value is -2.04. The lowest BCUT2D eigenvalue weighted by molar-refractivity contribution is -0.143. The average Bonchev–Trinajstić information content (AvgIpc) is 2.54. The van der Waals surface area contributed by atoms with Gasteiger partial charge in [-0.15, -0.1) is 0 Å². The Bertz CT molecular complexity index is 538. The molecule has 126 valence electrons. The smallest absolute Gasteiger partial charge is 0.326 e. The summed E-state index contributed by atoms with van der Waals surface area (Å²) < 4.78 is 5.64. The van der Waals surface area contributed by atoms with Crippen LogP contribution in [0.2, 0.25) is 0 Å². The van der Waals surface area contributed by atoms with Gasteiger partial charge in [0, 0.05) is 12.1 Å². The minimum atomic E-state index is -0.924. The molecule has 23 heavy (non-hydrogen) atoms. The van der Waals surface area contributed by atoms with E-state index in [1.807, 2.05) is 0 Å². The molecule has 0 saturated carbocycles. The maximum absolute atomic E-state index is 12.6. The Kier molecular flexibility index (Phi) is 6.02. The Balaban J connectivity index is 2.00. The van der Waals surface area contributed by atoms with Crippen molar-refractivity contribution in [1.82, 2.24) is 4.90 Å². The minimum Gasteiger partial charge on any atom is -0.494 e. The summed E-state index contributed by atoms with van der Waals surface area (Å²) in [6, 6.07) is 6.25. The van der Waals surface area contributed by atoms with E-state index in [1.54, 1.807) is 24.3 Å². The minimum absolute atomic E-state index is 0.217. The molecule has 0 aliphatic carbocycles. The van der Waals surface area contributed by atoms with E-state index in [0.29, 0.717) is 31.1 Å². The summed E-state index contributed by atoms with van der Waals surface area (Å²) in [5.74, 6) is 0.177. The van der Waals surface area contributed by atoms with Gasteiger partial charge in [-0.2, -0.15) is 0 Å². The molecule has 0 radical (unpaired) electrons. The second-order valence-corrected chi connectivity index (χ2v) is 6.40. The van der Waals surface area contributed by atoms with E-state index in [2.05, 4.69) is 13.8 Å². The quantitative estimate of drug-likeness (QED) is 0.874. The number of hydrogen-bond acceptors (Lipinski definition) is 3. The molecule has 1 aliphatic heterocycles. The van der Waals surface area contributed by atoms with Gasteiger partial charge in [0.2, 0.25) is 0 Å². The lowest BCUT2D eigenvalue weighted by atomic mass is 10.0. The van der Waals surface area contributed by atoms with Gasteiger partial charge < -0.3 is 14.7 Å². The average molecular weight is 319 g/mol. The molecule has 1 amide bonds. The van der Waals surface area contributed by atoms with Gasteiger partial charge in [-0.1, -0.05) is 13.8 Å². The van der Waals surface area contributed by atoms with Crippen LogP contribution in [-0.2, 0) is 4.79 Å². The van der Waals surface area contributed by atoms with Crippen LogP contribution in [0.3, 0.4) is 0 Å². The standard InChI is InChI=1S/C18H25NO4/c1-13(2)10-12-23-15-8-6-14(7-9-15)17(20)19-11-4-3-5-16(19)18(21)22/h6-9,13,16H,3-5,10-12H2,1-2H3,(H,21,22)/t16-/m1/s1. The van der Waals surface area contributed by atoms with E-state index in [4.69, 9.17) is 4.74 Å². The number of benzene rings is 1. The summed E-state index contributed by atoms with van der Waals surface area (Å²) in [6.07, 6.45) is 3.21. The largest absolute Gasteiger partial charge is 0.494 e. The molecular formula is C18H25NO4. The molecule has 1 aliphatic rings. The van der Waals surface area contributed by atoms with E-state index in [9.17, 15) is 14.7 Å². The summed E-state index contributed by atoms with van der Waals surface area (Å²) in [5.41, 5.74) is 0.509. The number of carbonyl (C=O) groups is 2. The summed E-state index contributed by atoms with van der Waals surface area (Å²) in [7, 11) is 0. The molecule has 0 bridgehead atoms. The Morgan fingerprint density at radius 2 is 1.96 bits per heavy atom. The normalized spacial score (nSPS) is 18.0. The fourth-order valence-corrected chi connectivity index (χ4v) is 2.70. The number of piperidine rings is 1. The van der Waals surface area contributed by atoms with Crippen molar-refractivity contribution in [3.05, 3.63) is 29.8 Å². The zero-order valence-electron chi connectivity index (χ0n) is 13.8. The van der Waals surface area contributed by atoms with E-state index >= 15 is 0 Å². The second kappa shape index (κ2) is 7.99. The summed E-state index contributed by atoms with van der Waals surface area (Å²) >= 11 is 0. The van der Waals surface area contributed by atoms with Crippen molar-refractivity contribution in [3.8, 4) is 5.75 Å². The molecule has 1 fully saturated rings. The Morgan fingerprint density at radius 3 is 2.57 bits per heavy atom. The third kappa shape index (κ3) is 4.71. The molecule has 0 spiro atoms. The number of carboxylic acid groups (broad SMARTS) is 1. The highest BCUT2D eigenvalue weighted by atomic mass is 16.5. The molecular weight excluding hydrogens is 294 g/mol. The van der Waals surface area contributed by atoms with Crippen LogP contribution in [-0.4, -0.2) is 41.1 Å². The number of likely N-dealkylation sites (tertiary alicyclic amines) is 1. The molecule has 1 aromatic rings. The predicted octanol–water partition coefficient (Wildman–Crippen LogP) is 3.19. The van der Waals surface area contributed by atoms with E-state index in [1.165, 1.54) is 4.90 Å².